The summed E-state index contributed by atoms with van der Waals surface area (Å²) in [6.07, 6.45) is 10.8. The molecule has 0 radical (unpaired) electrons. The third-order valence-corrected chi connectivity index (χ3v) is 4.70. The van der Waals surface area contributed by atoms with Crippen molar-refractivity contribution >= 4 is 11.3 Å². The third-order valence-electron chi connectivity index (χ3n) is 4.70. The van der Waals surface area contributed by atoms with Gasteiger partial charge < -0.3 is 10.4 Å². The Bertz CT molecular complexity index is 596. The SMILES string of the molecule is Cc1cc2c(NCC3(CCO)CCCCC3)nccn2n1. The molecular weight excluding hydrogens is 264 g/mol. The van der Waals surface area contributed by atoms with Gasteiger partial charge in [-0.05, 0) is 37.7 Å². The summed E-state index contributed by atoms with van der Waals surface area (Å²) >= 11 is 0. The Morgan fingerprint density at radius 3 is 2.90 bits per heavy atom. The fourth-order valence-electron chi connectivity index (χ4n) is 3.51. The van der Waals surface area contributed by atoms with Crippen molar-refractivity contribution in [3.63, 3.8) is 0 Å². The lowest BCUT2D eigenvalue weighted by Gasteiger charge is -2.37. The van der Waals surface area contributed by atoms with E-state index < -0.39 is 0 Å². The van der Waals surface area contributed by atoms with Crippen molar-refractivity contribution in [3.8, 4) is 0 Å². The van der Waals surface area contributed by atoms with Crippen LogP contribution in [-0.2, 0) is 0 Å². The van der Waals surface area contributed by atoms with Gasteiger partial charge in [-0.15, -0.1) is 0 Å². The lowest BCUT2D eigenvalue weighted by molar-refractivity contribution is 0.141. The first-order valence-electron chi connectivity index (χ1n) is 7.88. The minimum atomic E-state index is 0.219. The Labute approximate surface area is 125 Å². The second kappa shape index (κ2) is 6.02. The van der Waals surface area contributed by atoms with Crippen LogP contribution in [0.3, 0.4) is 0 Å². The molecule has 2 aromatic rings. The summed E-state index contributed by atoms with van der Waals surface area (Å²) in [5.41, 5.74) is 2.23. The maximum absolute atomic E-state index is 9.40. The highest BCUT2D eigenvalue weighted by atomic mass is 16.3. The molecule has 2 N–H and O–H groups in total. The van der Waals surface area contributed by atoms with Crippen LogP contribution >= 0.6 is 0 Å². The van der Waals surface area contributed by atoms with E-state index in [0.29, 0.717) is 0 Å². The van der Waals surface area contributed by atoms with Crippen molar-refractivity contribution in [2.24, 2.45) is 5.41 Å². The molecule has 0 saturated heterocycles. The summed E-state index contributed by atoms with van der Waals surface area (Å²) in [5.74, 6) is 0.890. The molecule has 1 aliphatic carbocycles. The molecule has 0 atom stereocenters. The van der Waals surface area contributed by atoms with E-state index in [4.69, 9.17) is 0 Å². The lowest BCUT2D eigenvalue weighted by Crippen LogP contribution is -2.33. The maximum Gasteiger partial charge on any atom is 0.152 e. The molecule has 114 valence electrons. The summed E-state index contributed by atoms with van der Waals surface area (Å²) in [6.45, 7) is 3.14. The molecule has 0 spiro atoms. The van der Waals surface area contributed by atoms with Crippen molar-refractivity contribution in [2.45, 2.75) is 45.4 Å². The van der Waals surface area contributed by atoms with Gasteiger partial charge in [-0.1, -0.05) is 19.3 Å². The van der Waals surface area contributed by atoms with E-state index in [2.05, 4.69) is 21.5 Å². The van der Waals surface area contributed by atoms with Gasteiger partial charge in [-0.3, -0.25) is 0 Å². The molecule has 2 aromatic heterocycles. The third kappa shape index (κ3) is 3.02. The number of aryl methyl sites for hydroxylation is 1. The largest absolute Gasteiger partial charge is 0.396 e. The van der Waals surface area contributed by atoms with Crippen molar-refractivity contribution in [3.05, 3.63) is 24.2 Å². The van der Waals surface area contributed by atoms with Gasteiger partial charge in [0.2, 0.25) is 0 Å². The van der Waals surface area contributed by atoms with Crippen LogP contribution in [-0.4, -0.2) is 32.9 Å². The predicted molar refractivity (Wildman–Crippen MR) is 83.4 cm³/mol. The minimum absolute atomic E-state index is 0.219. The van der Waals surface area contributed by atoms with Crippen LogP contribution in [0.4, 0.5) is 5.82 Å². The number of hydrogen-bond donors (Lipinski definition) is 2. The topological polar surface area (TPSA) is 62.5 Å². The predicted octanol–water partition coefficient (Wildman–Crippen LogP) is 2.78. The standard InChI is InChI=1S/C16H24N4O/c1-13-11-14-15(17-8-9-20(14)19-13)18-12-16(7-10-21)5-3-2-4-6-16/h8-9,11,21H,2-7,10,12H2,1H3,(H,17,18). The normalized spacial score (nSPS) is 18.0. The van der Waals surface area contributed by atoms with E-state index in [0.717, 1.165) is 30.0 Å². The van der Waals surface area contributed by atoms with Gasteiger partial charge in [0.1, 0.15) is 5.52 Å². The van der Waals surface area contributed by atoms with Crippen LogP contribution in [0.15, 0.2) is 18.5 Å². The van der Waals surface area contributed by atoms with E-state index >= 15 is 0 Å². The number of hydrogen-bond acceptors (Lipinski definition) is 4. The van der Waals surface area contributed by atoms with Gasteiger partial charge >= 0.3 is 0 Å². The van der Waals surface area contributed by atoms with Crippen LogP contribution in [0.1, 0.15) is 44.2 Å². The molecule has 1 fully saturated rings. The van der Waals surface area contributed by atoms with Crippen molar-refractivity contribution in [2.75, 3.05) is 18.5 Å². The van der Waals surface area contributed by atoms with E-state index in [1.54, 1.807) is 6.20 Å². The Hall–Kier alpha value is -1.62. The molecule has 0 amide bonds. The molecule has 3 rings (SSSR count). The number of aliphatic hydroxyl groups is 1. The van der Waals surface area contributed by atoms with Gasteiger partial charge in [0.25, 0.3) is 0 Å². The second-order valence-electron chi connectivity index (χ2n) is 6.28. The first kappa shape index (κ1) is 14.3. The molecule has 1 saturated carbocycles. The fourth-order valence-corrected chi connectivity index (χ4v) is 3.51. The average Bonchev–Trinajstić information content (AvgIpc) is 2.87. The number of rotatable bonds is 5. The van der Waals surface area contributed by atoms with Gasteiger partial charge in [-0.2, -0.15) is 5.10 Å². The number of anilines is 1. The first-order chi connectivity index (χ1) is 10.2. The van der Waals surface area contributed by atoms with Gasteiger partial charge in [0.05, 0.1) is 5.69 Å². The zero-order valence-corrected chi connectivity index (χ0v) is 12.7. The van der Waals surface area contributed by atoms with E-state index in [1.165, 1.54) is 32.1 Å². The highest BCUT2D eigenvalue weighted by Gasteiger charge is 2.31. The van der Waals surface area contributed by atoms with E-state index in [9.17, 15) is 5.11 Å². The Kier molecular flexibility index (Phi) is 4.10. The molecule has 21 heavy (non-hydrogen) atoms. The van der Waals surface area contributed by atoms with Gasteiger partial charge in [-0.25, -0.2) is 9.50 Å². The van der Waals surface area contributed by atoms with Crippen LogP contribution in [0.25, 0.3) is 5.52 Å². The van der Waals surface area contributed by atoms with E-state index in [-0.39, 0.29) is 12.0 Å². The van der Waals surface area contributed by atoms with E-state index in [1.807, 2.05) is 17.6 Å². The summed E-state index contributed by atoms with van der Waals surface area (Å²) in [4.78, 5) is 4.46. The minimum Gasteiger partial charge on any atom is -0.396 e. The monoisotopic (exact) mass is 288 g/mol. The highest BCUT2D eigenvalue weighted by Crippen LogP contribution is 2.39. The Morgan fingerprint density at radius 1 is 1.33 bits per heavy atom. The summed E-state index contributed by atoms with van der Waals surface area (Å²) in [7, 11) is 0. The molecule has 0 unspecified atom stereocenters. The summed E-state index contributed by atoms with van der Waals surface area (Å²) < 4.78 is 1.87. The lowest BCUT2D eigenvalue weighted by atomic mass is 9.72. The Morgan fingerprint density at radius 2 is 2.14 bits per heavy atom. The zero-order valence-electron chi connectivity index (χ0n) is 12.7. The maximum atomic E-state index is 9.40. The molecule has 5 nitrogen and oxygen atoms in total. The van der Waals surface area contributed by atoms with Crippen LogP contribution in [0.5, 0.6) is 0 Å². The van der Waals surface area contributed by atoms with Crippen molar-refractivity contribution < 1.29 is 5.11 Å². The van der Waals surface area contributed by atoms with Crippen molar-refractivity contribution in [1.29, 1.82) is 0 Å². The van der Waals surface area contributed by atoms with Crippen LogP contribution in [0.2, 0.25) is 0 Å². The highest BCUT2D eigenvalue weighted by molar-refractivity contribution is 5.67. The number of aliphatic hydroxyl groups excluding tert-OH is 1. The van der Waals surface area contributed by atoms with Crippen molar-refractivity contribution in [1.82, 2.24) is 14.6 Å². The molecule has 1 aliphatic rings. The summed E-state index contributed by atoms with van der Waals surface area (Å²) in [6, 6.07) is 2.05. The Balaban J connectivity index is 1.78. The molecule has 5 heteroatoms. The fraction of sp³-hybridized carbons (Fsp3) is 0.625. The average molecular weight is 288 g/mol. The summed E-state index contributed by atoms with van der Waals surface area (Å²) in [5, 5.41) is 17.3. The smallest absolute Gasteiger partial charge is 0.152 e. The molecule has 0 aliphatic heterocycles. The molecule has 2 heterocycles. The van der Waals surface area contributed by atoms with Gasteiger partial charge in [0, 0.05) is 25.5 Å². The zero-order chi connectivity index (χ0) is 14.7. The van der Waals surface area contributed by atoms with Crippen LogP contribution < -0.4 is 5.32 Å². The first-order valence-corrected chi connectivity index (χ1v) is 7.88. The second-order valence-corrected chi connectivity index (χ2v) is 6.28. The van der Waals surface area contributed by atoms with Crippen LogP contribution in [0, 0.1) is 12.3 Å². The number of fused-ring (bicyclic) bond motifs is 1. The molecule has 0 bridgehead atoms. The molecular formula is C16H24N4O. The number of nitrogens with zero attached hydrogens (tertiary/aromatic N) is 3. The van der Waals surface area contributed by atoms with Gasteiger partial charge in [0.15, 0.2) is 5.82 Å². The number of aromatic nitrogens is 3. The quantitative estimate of drug-likeness (QED) is 0.888. The number of nitrogens with one attached hydrogen (secondary N) is 1. The molecule has 0 aromatic carbocycles.